The van der Waals surface area contributed by atoms with E-state index in [-0.39, 0.29) is 12.3 Å². The maximum atomic E-state index is 6.23. The van der Waals surface area contributed by atoms with Gasteiger partial charge in [0.05, 0.1) is 23.3 Å². The van der Waals surface area contributed by atoms with Crippen LogP contribution >= 0.6 is 31.9 Å². The van der Waals surface area contributed by atoms with E-state index in [2.05, 4.69) is 62.0 Å². The number of hydrogen-bond acceptors (Lipinski definition) is 4. The monoisotopic (exact) mass is 464 g/mol. The molecule has 0 spiro atoms. The average molecular weight is 466 g/mol. The molecule has 0 amide bonds. The molecule has 4 nitrogen and oxygen atoms in total. The van der Waals surface area contributed by atoms with E-state index < -0.39 is 0 Å². The zero-order valence-corrected chi connectivity index (χ0v) is 17.2. The van der Waals surface area contributed by atoms with E-state index in [4.69, 9.17) is 14.6 Å². The summed E-state index contributed by atoms with van der Waals surface area (Å²) in [5.74, 6) is 1.79. The van der Waals surface area contributed by atoms with Crippen LogP contribution in [0.15, 0.2) is 50.4 Å². The van der Waals surface area contributed by atoms with Gasteiger partial charge in [-0.05, 0) is 57.9 Å². The fraction of sp³-hybridized carbons (Fsp3) is 0.316. The lowest BCUT2D eigenvalue weighted by molar-refractivity contribution is -0.0195. The van der Waals surface area contributed by atoms with Crippen LogP contribution in [0.4, 0.5) is 0 Å². The van der Waals surface area contributed by atoms with E-state index in [0.29, 0.717) is 0 Å². The fourth-order valence-corrected chi connectivity index (χ4v) is 4.77. The summed E-state index contributed by atoms with van der Waals surface area (Å²) in [6.45, 7) is 2.13. The molecule has 2 aliphatic rings. The number of nitrogens with zero attached hydrogens (tertiary/aromatic N) is 2. The van der Waals surface area contributed by atoms with Gasteiger partial charge in [-0.1, -0.05) is 22.9 Å². The predicted octanol–water partition coefficient (Wildman–Crippen LogP) is 5.50. The number of fused-ring (bicyclic) bond motifs is 3. The lowest BCUT2D eigenvalue weighted by Crippen LogP contribution is -2.39. The number of halogens is 2. The van der Waals surface area contributed by atoms with Gasteiger partial charge in [-0.2, -0.15) is 5.10 Å². The van der Waals surface area contributed by atoms with Crippen molar-refractivity contribution in [2.45, 2.75) is 32.0 Å². The van der Waals surface area contributed by atoms with Crippen molar-refractivity contribution < 1.29 is 9.47 Å². The highest BCUT2D eigenvalue weighted by molar-refractivity contribution is 9.11. The van der Waals surface area contributed by atoms with Crippen LogP contribution in [0.1, 0.15) is 36.9 Å². The molecule has 0 aromatic heterocycles. The molecular formula is C19H18Br2N2O2. The smallest absolute Gasteiger partial charge is 0.187 e. The van der Waals surface area contributed by atoms with E-state index in [1.54, 1.807) is 7.11 Å². The normalized spacial score (nSPS) is 21.3. The van der Waals surface area contributed by atoms with Crippen molar-refractivity contribution in [2.75, 3.05) is 7.11 Å². The van der Waals surface area contributed by atoms with Crippen molar-refractivity contribution in [1.29, 1.82) is 0 Å². The van der Waals surface area contributed by atoms with Crippen LogP contribution < -0.4 is 9.47 Å². The molecule has 0 bridgehead atoms. The minimum absolute atomic E-state index is 0.0503. The molecule has 2 heterocycles. The molecule has 2 aromatic carbocycles. The number of methoxy groups -OCH3 is 1. The molecule has 0 saturated heterocycles. The topological polar surface area (TPSA) is 34.1 Å². The average Bonchev–Trinajstić information content (AvgIpc) is 3.07. The summed E-state index contributed by atoms with van der Waals surface area (Å²) in [5.41, 5.74) is 3.37. The number of hydrazone groups is 1. The molecule has 0 saturated carbocycles. The molecule has 0 unspecified atom stereocenters. The third-order valence-electron chi connectivity index (χ3n) is 4.66. The summed E-state index contributed by atoms with van der Waals surface area (Å²) in [7, 11) is 1.68. The van der Waals surface area contributed by atoms with Crippen LogP contribution in [0.25, 0.3) is 0 Å². The van der Waals surface area contributed by atoms with E-state index in [1.807, 2.05) is 18.2 Å². The molecule has 0 radical (unpaired) electrons. The van der Waals surface area contributed by atoms with Crippen molar-refractivity contribution in [3.05, 3.63) is 56.5 Å². The molecule has 25 heavy (non-hydrogen) atoms. The Kier molecular flexibility index (Phi) is 4.50. The summed E-state index contributed by atoms with van der Waals surface area (Å²) in [6, 6.07) is 12.4. The Morgan fingerprint density at radius 3 is 2.68 bits per heavy atom. The highest BCUT2D eigenvalue weighted by Gasteiger charge is 2.40. The SMILES string of the molecule is CC[C@H]1Oc2c(Br)cc(Br)cc2[C@H]2CC(c3ccc(OC)cc3)=NN21. The number of benzene rings is 2. The van der Waals surface area contributed by atoms with Gasteiger partial charge in [0.15, 0.2) is 6.23 Å². The highest BCUT2D eigenvalue weighted by Crippen LogP contribution is 2.47. The Balaban J connectivity index is 1.72. The number of ether oxygens (including phenoxy) is 2. The standard InChI is InChI=1S/C19H18Br2N2O2/c1-3-18-23-17(14-8-12(20)9-15(21)19(14)25-18)10-16(22-23)11-4-6-13(24-2)7-5-11/h4-9,17-18H,3,10H2,1-2H3/t17-,18-/m1/s1. The molecule has 130 valence electrons. The van der Waals surface area contributed by atoms with Crippen molar-refractivity contribution >= 4 is 37.6 Å². The number of hydrogen-bond donors (Lipinski definition) is 0. The number of rotatable bonds is 3. The van der Waals surface area contributed by atoms with Crippen molar-refractivity contribution in [3.8, 4) is 11.5 Å². The summed E-state index contributed by atoms with van der Waals surface area (Å²) < 4.78 is 13.5. The van der Waals surface area contributed by atoms with E-state index in [0.717, 1.165) is 44.6 Å². The second kappa shape index (κ2) is 6.65. The summed E-state index contributed by atoms with van der Waals surface area (Å²) in [5, 5.41) is 7.01. The summed E-state index contributed by atoms with van der Waals surface area (Å²) in [6.07, 6.45) is 1.69. The van der Waals surface area contributed by atoms with Crippen LogP contribution in [-0.2, 0) is 0 Å². The Morgan fingerprint density at radius 2 is 2.00 bits per heavy atom. The van der Waals surface area contributed by atoms with Gasteiger partial charge < -0.3 is 9.47 Å². The Labute approximate surface area is 164 Å². The molecule has 4 rings (SSSR count). The van der Waals surface area contributed by atoms with E-state index in [1.165, 1.54) is 5.56 Å². The van der Waals surface area contributed by atoms with Gasteiger partial charge in [-0.25, -0.2) is 0 Å². The second-order valence-electron chi connectivity index (χ2n) is 6.16. The van der Waals surface area contributed by atoms with Crippen molar-refractivity contribution in [2.24, 2.45) is 5.10 Å². The molecule has 2 aromatic rings. The van der Waals surface area contributed by atoms with Gasteiger partial charge in [0.2, 0.25) is 0 Å². The Bertz CT molecular complexity index is 836. The lowest BCUT2D eigenvalue weighted by Gasteiger charge is -2.38. The zero-order chi connectivity index (χ0) is 17.6. The summed E-state index contributed by atoms with van der Waals surface area (Å²) in [4.78, 5) is 0. The quantitative estimate of drug-likeness (QED) is 0.600. The van der Waals surface area contributed by atoms with E-state index in [9.17, 15) is 0 Å². The molecular weight excluding hydrogens is 448 g/mol. The third kappa shape index (κ3) is 2.95. The van der Waals surface area contributed by atoms with Gasteiger partial charge in [0, 0.05) is 22.9 Å². The van der Waals surface area contributed by atoms with Gasteiger partial charge in [-0.15, -0.1) is 0 Å². The minimum Gasteiger partial charge on any atom is -0.497 e. The van der Waals surface area contributed by atoms with Gasteiger partial charge in [0.25, 0.3) is 0 Å². The maximum absolute atomic E-state index is 6.23. The molecule has 2 aliphatic heterocycles. The van der Waals surface area contributed by atoms with Crippen LogP contribution in [0.3, 0.4) is 0 Å². The first-order valence-corrected chi connectivity index (χ1v) is 9.85. The van der Waals surface area contributed by atoms with Crippen LogP contribution in [0.2, 0.25) is 0 Å². The first-order valence-electron chi connectivity index (χ1n) is 8.26. The van der Waals surface area contributed by atoms with E-state index >= 15 is 0 Å². The van der Waals surface area contributed by atoms with Crippen LogP contribution in [0.5, 0.6) is 11.5 Å². The largest absolute Gasteiger partial charge is 0.497 e. The zero-order valence-electron chi connectivity index (χ0n) is 14.0. The highest BCUT2D eigenvalue weighted by atomic mass is 79.9. The Hall–Kier alpha value is -1.53. The Morgan fingerprint density at radius 1 is 1.24 bits per heavy atom. The van der Waals surface area contributed by atoms with Crippen molar-refractivity contribution in [3.63, 3.8) is 0 Å². The predicted molar refractivity (Wildman–Crippen MR) is 105 cm³/mol. The molecule has 0 aliphatic carbocycles. The van der Waals surface area contributed by atoms with Gasteiger partial charge >= 0.3 is 0 Å². The van der Waals surface area contributed by atoms with Crippen LogP contribution in [0, 0.1) is 0 Å². The lowest BCUT2D eigenvalue weighted by atomic mass is 9.96. The van der Waals surface area contributed by atoms with Gasteiger partial charge in [-0.3, -0.25) is 5.01 Å². The third-order valence-corrected chi connectivity index (χ3v) is 5.71. The fourth-order valence-electron chi connectivity index (χ4n) is 3.42. The minimum atomic E-state index is -0.0503. The first kappa shape index (κ1) is 16.9. The second-order valence-corrected chi connectivity index (χ2v) is 7.93. The van der Waals surface area contributed by atoms with Crippen molar-refractivity contribution in [1.82, 2.24) is 5.01 Å². The maximum Gasteiger partial charge on any atom is 0.187 e. The van der Waals surface area contributed by atoms with Crippen LogP contribution in [-0.4, -0.2) is 24.1 Å². The molecule has 6 heteroatoms. The molecule has 0 fully saturated rings. The van der Waals surface area contributed by atoms with Gasteiger partial charge in [0.1, 0.15) is 11.5 Å². The molecule has 2 atom stereocenters. The molecule has 0 N–H and O–H groups in total. The first-order chi connectivity index (χ1) is 12.1. The summed E-state index contributed by atoms with van der Waals surface area (Å²) >= 11 is 7.23.